The van der Waals surface area contributed by atoms with Crippen LogP contribution in [0.15, 0.2) is 30.7 Å². The second-order valence-corrected chi connectivity index (χ2v) is 4.92. The molecular weight excluding hydrogens is 290 g/mol. The van der Waals surface area contributed by atoms with Gasteiger partial charge < -0.3 is 9.30 Å². The van der Waals surface area contributed by atoms with E-state index in [2.05, 4.69) is 15.0 Å². The molecule has 0 saturated heterocycles. The van der Waals surface area contributed by atoms with Crippen LogP contribution >= 0.6 is 0 Å². The largest absolute Gasteiger partial charge is 0.485 e. The van der Waals surface area contributed by atoms with E-state index in [9.17, 15) is 8.78 Å². The van der Waals surface area contributed by atoms with E-state index in [4.69, 9.17) is 4.74 Å². The third kappa shape index (κ3) is 2.61. The Balaban J connectivity index is 2.09. The predicted octanol–water partition coefficient (Wildman–Crippen LogP) is 2.98. The first kappa shape index (κ1) is 14.4. The van der Waals surface area contributed by atoms with Crippen LogP contribution in [0.5, 0.6) is 5.75 Å². The summed E-state index contributed by atoms with van der Waals surface area (Å²) in [5, 5.41) is 0. The van der Waals surface area contributed by atoms with E-state index in [0.29, 0.717) is 11.4 Å². The van der Waals surface area contributed by atoms with Gasteiger partial charge in [0.25, 0.3) is 6.43 Å². The van der Waals surface area contributed by atoms with Crippen molar-refractivity contribution >= 4 is 11.2 Å². The number of pyridine rings is 2. The van der Waals surface area contributed by atoms with Crippen LogP contribution in [0.2, 0.25) is 0 Å². The Labute approximate surface area is 125 Å². The number of aromatic nitrogens is 4. The molecule has 3 aromatic heterocycles. The Kier molecular flexibility index (Phi) is 3.70. The molecule has 22 heavy (non-hydrogen) atoms. The molecule has 114 valence electrons. The van der Waals surface area contributed by atoms with Crippen LogP contribution < -0.4 is 4.74 Å². The predicted molar refractivity (Wildman–Crippen MR) is 78.0 cm³/mol. The van der Waals surface area contributed by atoms with E-state index in [1.807, 2.05) is 20.0 Å². The van der Waals surface area contributed by atoms with Crippen molar-refractivity contribution in [2.24, 2.45) is 7.05 Å². The fraction of sp³-hybridized carbons (Fsp3) is 0.267. The van der Waals surface area contributed by atoms with Crippen molar-refractivity contribution in [1.29, 1.82) is 0 Å². The zero-order valence-electron chi connectivity index (χ0n) is 12.1. The van der Waals surface area contributed by atoms with Crippen LogP contribution in [0.4, 0.5) is 8.78 Å². The fourth-order valence-corrected chi connectivity index (χ4v) is 2.25. The van der Waals surface area contributed by atoms with Gasteiger partial charge in [0.2, 0.25) is 0 Å². The van der Waals surface area contributed by atoms with Gasteiger partial charge in [-0.2, -0.15) is 0 Å². The standard InChI is InChI=1S/C15H14F2N4O/c1-9-5-11-15(19-6-9)21(2)14(20-11)10-3-4-18-7-12(10)22-8-13(16)17/h3-7,13H,8H2,1-2H3. The first-order chi connectivity index (χ1) is 10.6. The van der Waals surface area contributed by atoms with E-state index >= 15 is 0 Å². The number of ether oxygens (including phenoxy) is 1. The molecule has 0 aliphatic heterocycles. The lowest BCUT2D eigenvalue weighted by molar-refractivity contribution is 0.0820. The molecule has 0 atom stereocenters. The quantitative estimate of drug-likeness (QED) is 0.743. The molecule has 5 nitrogen and oxygen atoms in total. The number of alkyl halides is 2. The monoisotopic (exact) mass is 304 g/mol. The Hall–Kier alpha value is -2.57. The van der Waals surface area contributed by atoms with Gasteiger partial charge in [0.05, 0.1) is 11.8 Å². The zero-order chi connectivity index (χ0) is 15.7. The van der Waals surface area contributed by atoms with Gasteiger partial charge in [0.15, 0.2) is 5.65 Å². The van der Waals surface area contributed by atoms with Crippen molar-refractivity contribution in [3.8, 4) is 17.1 Å². The average Bonchev–Trinajstić information content (AvgIpc) is 2.81. The van der Waals surface area contributed by atoms with Gasteiger partial charge in [0, 0.05) is 19.4 Å². The number of aryl methyl sites for hydroxylation is 2. The van der Waals surface area contributed by atoms with E-state index in [0.717, 1.165) is 16.7 Å². The molecule has 0 fully saturated rings. The van der Waals surface area contributed by atoms with E-state index < -0.39 is 13.0 Å². The molecule has 0 amide bonds. The summed E-state index contributed by atoms with van der Waals surface area (Å²) in [5.74, 6) is 0.873. The Morgan fingerprint density at radius 1 is 1.32 bits per heavy atom. The second-order valence-electron chi connectivity index (χ2n) is 4.92. The van der Waals surface area contributed by atoms with Gasteiger partial charge in [-0.15, -0.1) is 0 Å². The molecule has 3 rings (SSSR count). The highest BCUT2D eigenvalue weighted by Gasteiger charge is 2.16. The molecule has 0 radical (unpaired) electrons. The topological polar surface area (TPSA) is 52.8 Å². The molecule has 3 heterocycles. The van der Waals surface area contributed by atoms with Gasteiger partial charge in [-0.1, -0.05) is 0 Å². The minimum Gasteiger partial charge on any atom is -0.485 e. The summed E-state index contributed by atoms with van der Waals surface area (Å²) in [6.45, 7) is 1.25. The lowest BCUT2D eigenvalue weighted by Gasteiger charge is -2.10. The van der Waals surface area contributed by atoms with Crippen LogP contribution in [0.3, 0.4) is 0 Å². The lowest BCUT2D eigenvalue weighted by Crippen LogP contribution is -2.08. The van der Waals surface area contributed by atoms with Crippen molar-refractivity contribution in [1.82, 2.24) is 19.5 Å². The van der Waals surface area contributed by atoms with Crippen LogP contribution in [0, 0.1) is 6.92 Å². The summed E-state index contributed by atoms with van der Waals surface area (Å²) in [7, 11) is 1.82. The van der Waals surface area contributed by atoms with E-state index in [1.165, 1.54) is 6.20 Å². The number of nitrogens with zero attached hydrogens (tertiary/aromatic N) is 4. The molecule has 0 unspecified atom stereocenters. The van der Waals surface area contributed by atoms with Gasteiger partial charge >= 0.3 is 0 Å². The molecule has 0 bridgehead atoms. The molecule has 0 N–H and O–H groups in total. The Bertz CT molecular complexity index is 816. The summed E-state index contributed by atoms with van der Waals surface area (Å²) in [6.07, 6.45) is 2.20. The summed E-state index contributed by atoms with van der Waals surface area (Å²) < 4.78 is 31.7. The minimum absolute atomic E-state index is 0.276. The van der Waals surface area contributed by atoms with Gasteiger partial charge in [0.1, 0.15) is 23.7 Å². The first-order valence-corrected chi connectivity index (χ1v) is 6.70. The van der Waals surface area contributed by atoms with Crippen molar-refractivity contribution in [2.45, 2.75) is 13.3 Å². The van der Waals surface area contributed by atoms with Crippen molar-refractivity contribution in [3.63, 3.8) is 0 Å². The maximum absolute atomic E-state index is 12.4. The van der Waals surface area contributed by atoms with Gasteiger partial charge in [-0.3, -0.25) is 4.98 Å². The number of hydrogen-bond acceptors (Lipinski definition) is 4. The molecule has 7 heteroatoms. The number of halogens is 2. The normalized spacial score (nSPS) is 11.3. The number of hydrogen-bond donors (Lipinski definition) is 0. The Morgan fingerprint density at radius 3 is 2.91 bits per heavy atom. The molecule has 0 spiro atoms. The SMILES string of the molecule is Cc1cnc2c(c1)nc(-c1ccncc1OCC(F)F)n2C. The van der Waals surface area contributed by atoms with Gasteiger partial charge in [-0.25, -0.2) is 18.7 Å². The molecule has 0 saturated carbocycles. The Morgan fingerprint density at radius 2 is 2.14 bits per heavy atom. The summed E-state index contributed by atoms with van der Waals surface area (Å²) in [4.78, 5) is 12.8. The minimum atomic E-state index is -2.54. The molecule has 3 aromatic rings. The van der Waals surface area contributed by atoms with Crippen molar-refractivity contribution < 1.29 is 13.5 Å². The highest BCUT2D eigenvalue weighted by molar-refractivity contribution is 5.79. The number of rotatable bonds is 4. The highest BCUT2D eigenvalue weighted by Crippen LogP contribution is 2.30. The fourth-order valence-electron chi connectivity index (χ4n) is 2.25. The van der Waals surface area contributed by atoms with E-state index in [-0.39, 0.29) is 5.75 Å². The maximum Gasteiger partial charge on any atom is 0.272 e. The third-order valence-electron chi connectivity index (χ3n) is 3.24. The van der Waals surface area contributed by atoms with Crippen molar-refractivity contribution in [3.05, 3.63) is 36.3 Å². The van der Waals surface area contributed by atoms with E-state index in [1.54, 1.807) is 23.0 Å². The summed E-state index contributed by atoms with van der Waals surface area (Å²) in [5.41, 5.74) is 3.07. The third-order valence-corrected chi connectivity index (χ3v) is 3.24. The smallest absolute Gasteiger partial charge is 0.272 e. The van der Waals surface area contributed by atoms with Crippen LogP contribution in [0.25, 0.3) is 22.6 Å². The van der Waals surface area contributed by atoms with Crippen LogP contribution in [0.1, 0.15) is 5.56 Å². The number of fused-ring (bicyclic) bond motifs is 1. The lowest BCUT2D eigenvalue weighted by atomic mass is 10.2. The van der Waals surface area contributed by atoms with Crippen LogP contribution in [-0.2, 0) is 7.05 Å². The zero-order valence-corrected chi connectivity index (χ0v) is 12.1. The highest BCUT2D eigenvalue weighted by atomic mass is 19.3. The van der Waals surface area contributed by atoms with Crippen molar-refractivity contribution in [2.75, 3.05) is 6.61 Å². The number of imidazole rings is 1. The summed E-state index contributed by atoms with van der Waals surface area (Å²) >= 11 is 0. The molecular formula is C15H14F2N4O. The molecule has 0 aliphatic carbocycles. The molecule has 0 aliphatic rings. The molecule has 0 aromatic carbocycles. The summed E-state index contributed by atoms with van der Waals surface area (Å²) in [6, 6.07) is 3.61. The van der Waals surface area contributed by atoms with Gasteiger partial charge in [-0.05, 0) is 24.6 Å². The van der Waals surface area contributed by atoms with Crippen LogP contribution in [-0.4, -0.2) is 32.6 Å². The second kappa shape index (κ2) is 5.67. The maximum atomic E-state index is 12.4. The first-order valence-electron chi connectivity index (χ1n) is 6.70. The average molecular weight is 304 g/mol.